The van der Waals surface area contributed by atoms with Crippen LogP contribution in [0, 0.1) is 0 Å². The van der Waals surface area contributed by atoms with Gasteiger partial charge in [0.15, 0.2) is 12.4 Å². The molecule has 0 aliphatic heterocycles. The molecule has 0 spiro atoms. The number of allylic oxidation sites excluding steroid dienone is 1. The molecule has 8 heteroatoms. The van der Waals surface area contributed by atoms with E-state index in [1.54, 1.807) is 16.9 Å². The summed E-state index contributed by atoms with van der Waals surface area (Å²) in [6.45, 7) is 5.28. The van der Waals surface area contributed by atoms with Crippen LogP contribution >= 0.6 is 23.2 Å². The molecule has 0 aliphatic carbocycles. The van der Waals surface area contributed by atoms with Crippen molar-refractivity contribution in [1.29, 1.82) is 0 Å². The summed E-state index contributed by atoms with van der Waals surface area (Å²) in [4.78, 5) is 24.6. The number of Topliss-reactive ketones (excluding diaryl/α,β-unsaturated/α-hetero) is 1. The van der Waals surface area contributed by atoms with Crippen LogP contribution in [0.15, 0.2) is 48.7 Å². The number of amides is 1. The van der Waals surface area contributed by atoms with E-state index in [0.29, 0.717) is 17.7 Å². The van der Waals surface area contributed by atoms with Crippen molar-refractivity contribution in [2.75, 3.05) is 11.9 Å². The largest absolute Gasteiger partial charge is 0.482 e. The molecule has 1 heterocycles. The first-order chi connectivity index (χ1) is 13.8. The number of hydrogen-bond donors (Lipinski definition) is 1. The van der Waals surface area contributed by atoms with Crippen molar-refractivity contribution in [3.05, 3.63) is 64.3 Å². The Morgan fingerprint density at radius 2 is 1.97 bits per heavy atom. The minimum Gasteiger partial charge on any atom is -0.482 e. The van der Waals surface area contributed by atoms with Gasteiger partial charge in [0, 0.05) is 18.0 Å². The lowest BCUT2D eigenvalue weighted by Gasteiger charge is -2.12. The van der Waals surface area contributed by atoms with Crippen molar-refractivity contribution in [2.45, 2.75) is 13.3 Å². The normalized spacial score (nSPS) is 10.8. The van der Waals surface area contributed by atoms with Crippen LogP contribution in [0.5, 0.6) is 5.75 Å². The maximum absolute atomic E-state index is 12.3. The van der Waals surface area contributed by atoms with Gasteiger partial charge in [0.25, 0.3) is 5.91 Å². The van der Waals surface area contributed by atoms with Gasteiger partial charge in [0.2, 0.25) is 0 Å². The second-order valence-electron chi connectivity index (χ2n) is 6.37. The van der Waals surface area contributed by atoms with Gasteiger partial charge in [-0.15, -0.1) is 0 Å². The predicted molar refractivity (Wildman–Crippen MR) is 115 cm³/mol. The number of benzene rings is 2. The van der Waals surface area contributed by atoms with Crippen LogP contribution in [0.1, 0.15) is 23.7 Å². The molecule has 3 rings (SSSR count). The molecule has 1 amide bonds. The van der Waals surface area contributed by atoms with E-state index in [0.717, 1.165) is 10.9 Å². The fourth-order valence-electron chi connectivity index (χ4n) is 2.79. The molecule has 0 unspecified atom stereocenters. The van der Waals surface area contributed by atoms with Gasteiger partial charge in [-0.3, -0.25) is 14.3 Å². The Morgan fingerprint density at radius 3 is 2.69 bits per heavy atom. The number of ether oxygens (including phenoxy) is 1. The lowest BCUT2D eigenvalue weighted by Crippen LogP contribution is -2.20. The summed E-state index contributed by atoms with van der Waals surface area (Å²) in [6, 6.07) is 8.55. The van der Waals surface area contributed by atoms with E-state index in [1.165, 1.54) is 12.1 Å². The standard InChI is InChI=1S/C21H19Cl2N3O3/c1-4-12(2)21(28)13-8-9-17(20(23)19(13)22)29-11-18(27)25-15-6-5-7-16-14(15)10-24-26(16)3/h5-10H,2,4,11H2,1,3H3,(H,25,27). The van der Waals surface area contributed by atoms with Gasteiger partial charge in [-0.25, -0.2) is 0 Å². The Labute approximate surface area is 178 Å². The smallest absolute Gasteiger partial charge is 0.262 e. The molecule has 0 fully saturated rings. The third-order valence-electron chi connectivity index (χ3n) is 4.46. The average molecular weight is 432 g/mol. The molecule has 1 N–H and O–H groups in total. The Kier molecular flexibility index (Phi) is 6.25. The maximum atomic E-state index is 12.3. The molecule has 150 valence electrons. The number of ketones is 1. The number of halogens is 2. The SMILES string of the molecule is C=C(CC)C(=O)c1ccc(OCC(=O)Nc2cccc3c2cnn3C)c(Cl)c1Cl. The van der Waals surface area contributed by atoms with Crippen LogP contribution in [0.3, 0.4) is 0 Å². The topological polar surface area (TPSA) is 73.2 Å². The average Bonchev–Trinajstić information content (AvgIpc) is 3.10. The molecule has 29 heavy (non-hydrogen) atoms. The molecule has 0 atom stereocenters. The summed E-state index contributed by atoms with van der Waals surface area (Å²) in [5.41, 5.74) is 2.21. The van der Waals surface area contributed by atoms with E-state index in [1.807, 2.05) is 26.1 Å². The highest BCUT2D eigenvalue weighted by Gasteiger charge is 2.18. The summed E-state index contributed by atoms with van der Waals surface area (Å²) >= 11 is 12.5. The fraction of sp³-hybridized carbons (Fsp3) is 0.190. The van der Waals surface area contributed by atoms with E-state index in [4.69, 9.17) is 27.9 Å². The molecule has 0 aliphatic rings. The quantitative estimate of drug-likeness (QED) is 0.419. The van der Waals surface area contributed by atoms with Crippen molar-refractivity contribution in [2.24, 2.45) is 7.05 Å². The number of aromatic nitrogens is 2. The molecule has 0 saturated heterocycles. The number of carbonyl (C=O) groups excluding carboxylic acids is 2. The summed E-state index contributed by atoms with van der Waals surface area (Å²) in [7, 11) is 1.83. The zero-order chi connectivity index (χ0) is 21.1. The van der Waals surface area contributed by atoms with E-state index in [-0.39, 0.29) is 39.7 Å². The minimum atomic E-state index is -0.368. The molecule has 1 aromatic heterocycles. The van der Waals surface area contributed by atoms with Gasteiger partial charge in [-0.1, -0.05) is 42.8 Å². The second kappa shape index (κ2) is 8.68. The van der Waals surface area contributed by atoms with Crippen molar-refractivity contribution in [3.63, 3.8) is 0 Å². The third kappa shape index (κ3) is 4.28. The number of aryl methyl sites for hydroxylation is 1. The van der Waals surface area contributed by atoms with Crippen LogP contribution in [0.25, 0.3) is 10.9 Å². The number of hydrogen-bond acceptors (Lipinski definition) is 4. The molecule has 2 aromatic carbocycles. The minimum absolute atomic E-state index is 0.0728. The van der Waals surface area contributed by atoms with Gasteiger partial charge in [-0.2, -0.15) is 5.10 Å². The first-order valence-electron chi connectivity index (χ1n) is 8.87. The Morgan fingerprint density at radius 1 is 1.21 bits per heavy atom. The van der Waals surface area contributed by atoms with E-state index in [9.17, 15) is 9.59 Å². The molecule has 0 radical (unpaired) electrons. The second-order valence-corrected chi connectivity index (χ2v) is 7.12. The number of nitrogens with zero attached hydrogens (tertiary/aromatic N) is 2. The number of carbonyl (C=O) groups is 2. The fourth-order valence-corrected chi connectivity index (χ4v) is 3.25. The van der Waals surface area contributed by atoms with E-state index in [2.05, 4.69) is 17.0 Å². The Hall–Kier alpha value is -2.83. The van der Waals surface area contributed by atoms with Gasteiger partial charge >= 0.3 is 0 Å². The Balaban J connectivity index is 1.71. The molecular formula is C21H19Cl2N3O3. The molecule has 0 saturated carbocycles. The molecule has 0 bridgehead atoms. The summed E-state index contributed by atoms with van der Waals surface area (Å²) in [5, 5.41) is 7.95. The summed E-state index contributed by atoms with van der Waals surface area (Å²) in [5.74, 6) is -0.425. The number of rotatable bonds is 7. The highest BCUT2D eigenvalue weighted by atomic mass is 35.5. The number of nitrogens with one attached hydrogen (secondary N) is 1. The van der Waals surface area contributed by atoms with E-state index >= 15 is 0 Å². The molecule has 6 nitrogen and oxygen atoms in total. The van der Waals surface area contributed by atoms with Crippen LogP contribution in [-0.2, 0) is 11.8 Å². The maximum Gasteiger partial charge on any atom is 0.262 e. The monoisotopic (exact) mass is 431 g/mol. The van der Waals surface area contributed by atoms with Gasteiger partial charge < -0.3 is 10.1 Å². The Bertz CT molecular complexity index is 1120. The highest BCUT2D eigenvalue weighted by molar-refractivity contribution is 6.45. The number of anilines is 1. The zero-order valence-corrected chi connectivity index (χ0v) is 17.5. The number of fused-ring (bicyclic) bond motifs is 1. The van der Waals surface area contributed by atoms with Crippen molar-refractivity contribution < 1.29 is 14.3 Å². The summed E-state index contributed by atoms with van der Waals surface area (Å²) in [6.07, 6.45) is 2.19. The lowest BCUT2D eigenvalue weighted by atomic mass is 10.0. The van der Waals surface area contributed by atoms with Gasteiger partial charge in [0.1, 0.15) is 10.8 Å². The van der Waals surface area contributed by atoms with Crippen LogP contribution in [-0.4, -0.2) is 28.1 Å². The van der Waals surface area contributed by atoms with Crippen molar-refractivity contribution in [1.82, 2.24) is 9.78 Å². The van der Waals surface area contributed by atoms with Gasteiger partial charge in [0.05, 0.1) is 22.4 Å². The summed E-state index contributed by atoms with van der Waals surface area (Å²) < 4.78 is 7.23. The van der Waals surface area contributed by atoms with E-state index < -0.39 is 0 Å². The lowest BCUT2D eigenvalue weighted by molar-refractivity contribution is -0.118. The zero-order valence-electron chi connectivity index (χ0n) is 16.0. The van der Waals surface area contributed by atoms with Crippen LogP contribution in [0.4, 0.5) is 5.69 Å². The third-order valence-corrected chi connectivity index (χ3v) is 5.33. The highest BCUT2D eigenvalue weighted by Crippen LogP contribution is 2.35. The van der Waals surface area contributed by atoms with Crippen molar-refractivity contribution >= 4 is 51.5 Å². The molecule has 3 aromatic rings. The van der Waals surface area contributed by atoms with Crippen LogP contribution in [0.2, 0.25) is 10.0 Å². The first-order valence-corrected chi connectivity index (χ1v) is 9.63. The van der Waals surface area contributed by atoms with Crippen LogP contribution < -0.4 is 10.1 Å². The predicted octanol–water partition coefficient (Wildman–Crippen LogP) is 5.05. The first kappa shape index (κ1) is 20.9. The van der Waals surface area contributed by atoms with Gasteiger partial charge in [-0.05, 0) is 36.3 Å². The van der Waals surface area contributed by atoms with Crippen molar-refractivity contribution in [3.8, 4) is 5.75 Å². The molecular weight excluding hydrogens is 413 g/mol.